The van der Waals surface area contributed by atoms with Crippen LogP contribution in [0.1, 0.15) is 58.8 Å². The first-order valence-electron chi connectivity index (χ1n) is 6.63. The zero-order valence-corrected chi connectivity index (χ0v) is 10.3. The van der Waals surface area contributed by atoms with Crippen LogP contribution in [-0.4, -0.2) is 23.8 Å². The summed E-state index contributed by atoms with van der Waals surface area (Å²) in [6.45, 7) is 4.63. The summed E-state index contributed by atoms with van der Waals surface area (Å²) in [5.41, 5.74) is 0. The van der Waals surface area contributed by atoms with Crippen molar-refractivity contribution in [2.75, 3.05) is 6.61 Å². The summed E-state index contributed by atoms with van der Waals surface area (Å²) in [7, 11) is 0. The van der Waals surface area contributed by atoms with E-state index in [0.717, 1.165) is 12.3 Å². The summed E-state index contributed by atoms with van der Waals surface area (Å²) < 4.78 is 0. The van der Waals surface area contributed by atoms with Crippen molar-refractivity contribution in [2.24, 2.45) is 5.92 Å². The van der Waals surface area contributed by atoms with Gasteiger partial charge in [-0.1, -0.05) is 32.6 Å². The Morgan fingerprint density at radius 1 is 1.33 bits per heavy atom. The van der Waals surface area contributed by atoms with E-state index in [0.29, 0.717) is 12.1 Å². The van der Waals surface area contributed by atoms with Gasteiger partial charge in [0.1, 0.15) is 0 Å². The normalized spacial score (nSPS) is 21.8. The van der Waals surface area contributed by atoms with E-state index in [9.17, 15) is 0 Å². The lowest BCUT2D eigenvalue weighted by Crippen LogP contribution is -2.38. The number of hydrogen-bond donors (Lipinski definition) is 2. The first kappa shape index (κ1) is 13.0. The van der Waals surface area contributed by atoms with Gasteiger partial charge < -0.3 is 10.4 Å². The molecule has 1 rings (SSSR count). The van der Waals surface area contributed by atoms with E-state index in [1.165, 1.54) is 38.5 Å². The van der Waals surface area contributed by atoms with Gasteiger partial charge in [0.2, 0.25) is 0 Å². The molecule has 1 unspecified atom stereocenters. The Morgan fingerprint density at radius 3 is 2.53 bits per heavy atom. The minimum Gasteiger partial charge on any atom is -0.395 e. The molecule has 0 aliphatic heterocycles. The number of aliphatic hydroxyl groups excluding tert-OH is 1. The fraction of sp³-hybridized carbons (Fsp3) is 1.00. The fourth-order valence-electron chi connectivity index (χ4n) is 2.57. The third-order valence-electron chi connectivity index (χ3n) is 3.72. The van der Waals surface area contributed by atoms with E-state index in [1.807, 2.05) is 0 Å². The van der Waals surface area contributed by atoms with Crippen molar-refractivity contribution in [3.63, 3.8) is 0 Å². The molecule has 15 heavy (non-hydrogen) atoms. The smallest absolute Gasteiger partial charge is 0.0584 e. The van der Waals surface area contributed by atoms with Crippen LogP contribution in [0.3, 0.4) is 0 Å². The highest BCUT2D eigenvalue weighted by Crippen LogP contribution is 2.28. The Bertz CT molecular complexity index is 151. The highest BCUT2D eigenvalue weighted by Gasteiger charge is 2.16. The molecule has 0 aromatic carbocycles. The molecule has 0 heterocycles. The van der Waals surface area contributed by atoms with Crippen molar-refractivity contribution >= 4 is 0 Å². The van der Waals surface area contributed by atoms with Crippen molar-refractivity contribution in [1.82, 2.24) is 5.32 Å². The van der Waals surface area contributed by atoms with Crippen LogP contribution in [0.15, 0.2) is 0 Å². The summed E-state index contributed by atoms with van der Waals surface area (Å²) in [6.07, 6.45) is 9.44. The summed E-state index contributed by atoms with van der Waals surface area (Å²) in [5, 5.41) is 12.6. The Labute approximate surface area is 94.5 Å². The highest BCUT2D eigenvalue weighted by molar-refractivity contribution is 4.73. The van der Waals surface area contributed by atoms with Crippen LogP contribution in [0, 0.1) is 5.92 Å². The maximum absolute atomic E-state index is 9.09. The fourth-order valence-corrected chi connectivity index (χ4v) is 2.57. The molecule has 0 saturated heterocycles. The van der Waals surface area contributed by atoms with Crippen molar-refractivity contribution in [3.05, 3.63) is 0 Å². The number of hydrogen-bond acceptors (Lipinski definition) is 2. The van der Waals surface area contributed by atoms with Gasteiger partial charge in [-0.2, -0.15) is 0 Å². The van der Waals surface area contributed by atoms with Crippen molar-refractivity contribution < 1.29 is 5.11 Å². The van der Waals surface area contributed by atoms with E-state index < -0.39 is 0 Å². The zero-order valence-electron chi connectivity index (χ0n) is 10.3. The van der Waals surface area contributed by atoms with Gasteiger partial charge in [-0.05, 0) is 32.1 Å². The predicted molar refractivity (Wildman–Crippen MR) is 65.0 cm³/mol. The summed E-state index contributed by atoms with van der Waals surface area (Å²) in [6, 6.07) is 0.853. The number of nitrogens with one attached hydrogen (secondary N) is 1. The van der Waals surface area contributed by atoms with E-state index in [1.54, 1.807) is 0 Å². The minimum absolute atomic E-state index is 0.268. The standard InChI is InChI=1S/C13H27NO/c1-3-13(10-15)14-11(2)8-9-12-6-4-5-7-12/h11-15H,3-10H2,1-2H3/t11?,13-/m1/s1. The van der Waals surface area contributed by atoms with Gasteiger partial charge in [0, 0.05) is 12.1 Å². The van der Waals surface area contributed by atoms with E-state index in [4.69, 9.17) is 5.11 Å². The lowest BCUT2D eigenvalue weighted by molar-refractivity contribution is 0.225. The molecule has 0 radical (unpaired) electrons. The second kappa shape index (κ2) is 7.24. The Kier molecular flexibility index (Phi) is 6.26. The quantitative estimate of drug-likeness (QED) is 0.681. The number of aliphatic hydroxyl groups is 1. The van der Waals surface area contributed by atoms with Gasteiger partial charge in [0.25, 0.3) is 0 Å². The van der Waals surface area contributed by atoms with Gasteiger partial charge in [-0.25, -0.2) is 0 Å². The molecule has 1 saturated carbocycles. The first-order chi connectivity index (χ1) is 7.26. The van der Waals surface area contributed by atoms with Crippen LogP contribution in [0.5, 0.6) is 0 Å². The average Bonchev–Trinajstić information content (AvgIpc) is 2.75. The van der Waals surface area contributed by atoms with Crippen molar-refractivity contribution in [2.45, 2.75) is 70.9 Å². The summed E-state index contributed by atoms with van der Waals surface area (Å²) >= 11 is 0. The summed E-state index contributed by atoms with van der Waals surface area (Å²) in [4.78, 5) is 0. The molecule has 0 aromatic rings. The predicted octanol–water partition coefficient (Wildman–Crippen LogP) is 2.71. The monoisotopic (exact) mass is 213 g/mol. The molecule has 2 nitrogen and oxygen atoms in total. The Morgan fingerprint density at radius 2 is 2.00 bits per heavy atom. The Hall–Kier alpha value is -0.0800. The Balaban J connectivity index is 2.08. The SMILES string of the molecule is CC[C@H](CO)NC(C)CCC1CCCC1. The lowest BCUT2D eigenvalue weighted by Gasteiger charge is -2.21. The van der Waals surface area contributed by atoms with Gasteiger partial charge in [0.15, 0.2) is 0 Å². The molecule has 0 bridgehead atoms. The molecule has 90 valence electrons. The van der Waals surface area contributed by atoms with E-state index >= 15 is 0 Å². The van der Waals surface area contributed by atoms with Crippen molar-refractivity contribution in [1.29, 1.82) is 0 Å². The van der Waals surface area contributed by atoms with Crippen LogP contribution in [-0.2, 0) is 0 Å². The third-order valence-corrected chi connectivity index (χ3v) is 3.72. The lowest BCUT2D eigenvalue weighted by atomic mass is 9.99. The third kappa shape index (κ3) is 4.98. The second-order valence-electron chi connectivity index (χ2n) is 5.08. The zero-order chi connectivity index (χ0) is 11.1. The average molecular weight is 213 g/mol. The largest absolute Gasteiger partial charge is 0.395 e. The van der Waals surface area contributed by atoms with Gasteiger partial charge in [0.05, 0.1) is 6.61 Å². The van der Waals surface area contributed by atoms with Crippen LogP contribution >= 0.6 is 0 Å². The van der Waals surface area contributed by atoms with Gasteiger partial charge in [-0.15, -0.1) is 0 Å². The molecule has 2 heteroatoms. The summed E-state index contributed by atoms with van der Waals surface area (Å²) in [5.74, 6) is 0.989. The van der Waals surface area contributed by atoms with Crippen molar-refractivity contribution in [3.8, 4) is 0 Å². The molecular weight excluding hydrogens is 186 g/mol. The van der Waals surface area contributed by atoms with Crippen LogP contribution < -0.4 is 5.32 Å². The second-order valence-corrected chi connectivity index (χ2v) is 5.08. The molecule has 1 aliphatic rings. The molecule has 2 N–H and O–H groups in total. The number of rotatable bonds is 7. The molecular formula is C13H27NO. The van der Waals surface area contributed by atoms with Gasteiger partial charge >= 0.3 is 0 Å². The molecule has 2 atom stereocenters. The molecule has 0 aromatic heterocycles. The van der Waals surface area contributed by atoms with E-state index in [-0.39, 0.29) is 6.61 Å². The maximum Gasteiger partial charge on any atom is 0.0584 e. The van der Waals surface area contributed by atoms with Crippen LogP contribution in [0.4, 0.5) is 0 Å². The van der Waals surface area contributed by atoms with Gasteiger partial charge in [-0.3, -0.25) is 0 Å². The van der Waals surface area contributed by atoms with Crippen LogP contribution in [0.25, 0.3) is 0 Å². The van der Waals surface area contributed by atoms with E-state index in [2.05, 4.69) is 19.2 Å². The molecule has 0 spiro atoms. The first-order valence-corrected chi connectivity index (χ1v) is 6.63. The highest BCUT2D eigenvalue weighted by atomic mass is 16.3. The molecule has 1 aliphatic carbocycles. The maximum atomic E-state index is 9.09. The topological polar surface area (TPSA) is 32.3 Å². The molecule has 0 amide bonds. The minimum atomic E-state index is 0.268. The van der Waals surface area contributed by atoms with Crippen LogP contribution in [0.2, 0.25) is 0 Å². The molecule has 1 fully saturated rings.